The van der Waals surface area contributed by atoms with E-state index < -0.39 is 0 Å². The van der Waals surface area contributed by atoms with Crippen molar-refractivity contribution >= 4 is 11.6 Å². The molecule has 0 aliphatic heterocycles. The molecule has 1 fully saturated rings. The molecule has 2 rings (SSSR count). The van der Waals surface area contributed by atoms with Gasteiger partial charge in [0.15, 0.2) is 0 Å². The summed E-state index contributed by atoms with van der Waals surface area (Å²) in [5, 5.41) is 0. The molecule has 0 amide bonds. The first-order valence-electron chi connectivity index (χ1n) is 6.95. The first kappa shape index (κ1) is 14.6. The largest absolute Gasteiger partial charge is 0.460 e. The fraction of sp³-hybridized carbons (Fsp3) is 0.733. The molecule has 1 aliphatic carbocycles. The van der Waals surface area contributed by atoms with Gasteiger partial charge in [-0.1, -0.05) is 20.8 Å². The molecule has 1 saturated carbocycles. The van der Waals surface area contributed by atoms with Crippen molar-refractivity contribution in [2.45, 2.75) is 58.9 Å². The van der Waals surface area contributed by atoms with Gasteiger partial charge in [0.2, 0.25) is 0 Å². The van der Waals surface area contributed by atoms with Crippen molar-refractivity contribution in [1.82, 2.24) is 9.97 Å². The van der Waals surface area contributed by atoms with Crippen LogP contribution >= 0.6 is 11.6 Å². The molecule has 19 heavy (non-hydrogen) atoms. The highest BCUT2D eigenvalue weighted by atomic mass is 35.5. The Bertz CT molecular complexity index is 448. The van der Waals surface area contributed by atoms with Gasteiger partial charge in [-0.3, -0.25) is 0 Å². The number of ether oxygens (including phenoxy) is 1. The maximum absolute atomic E-state index is 6.00. The van der Waals surface area contributed by atoms with Gasteiger partial charge >= 0.3 is 6.01 Å². The zero-order valence-corrected chi connectivity index (χ0v) is 13.0. The van der Waals surface area contributed by atoms with E-state index in [1.165, 1.54) is 6.42 Å². The summed E-state index contributed by atoms with van der Waals surface area (Å²) >= 11 is 5.84. The number of hydrogen-bond acceptors (Lipinski definition) is 3. The lowest BCUT2D eigenvalue weighted by Crippen LogP contribution is -2.34. The lowest BCUT2D eigenvalue weighted by molar-refractivity contribution is 0.0497. The average Bonchev–Trinajstić information content (AvgIpc) is 2.24. The molecule has 3 nitrogen and oxygen atoms in total. The van der Waals surface area contributed by atoms with Crippen molar-refractivity contribution in [3.8, 4) is 6.01 Å². The Balaban J connectivity index is 2.10. The monoisotopic (exact) mass is 282 g/mol. The molecule has 0 radical (unpaired) electrons. The van der Waals surface area contributed by atoms with Crippen molar-refractivity contribution in [3.63, 3.8) is 0 Å². The van der Waals surface area contributed by atoms with E-state index in [0.717, 1.165) is 24.2 Å². The minimum absolute atomic E-state index is 0.212. The van der Waals surface area contributed by atoms with Crippen molar-refractivity contribution in [1.29, 1.82) is 0 Å². The number of halogens is 1. The number of alkyl halides is 1. The maximum Gasteiger partial charge on any atom is 0.317 e. The summed E-state index contributed by atoms with van der Waals surface area (Å²) in [6, 6.07) is 2.37. The first-order chi connectivity index (χ1) is 8.88. The second-order valence-corrected chi connectivity index (χ2v) is 6.84. The van der Waals surface area contributed by atoms with Crippen LogP contribution < -0.4 is 4.74 Å². The summed E-state index contributed by atoms with van der Waals surface area (Å²) in [7, 11) is 0. The molecule has 0 N–H and O–H groups in total. The van der Waals surface area contributed by atoms with Crippen molar-refractivity contribution < 1.29 is 4.74 Å². The molecule has 0 saturated heterocycles. The maximum atomic E-state index is 6.00. The lowest BCUT2D eigenvalue weighted by atomic mass is 9.71. The van der Waals surface area contributed by atoms with E-state index >= 15 is 0 Å². The molecule has 0 bridgehead atoms. The van der Waals surface area contributed by atoms with E-state index in [2.05, 4.69) is 30.7 Å². The van der Waals surface area contributed by atoms with Crippen LogP contribution in [-0.4, -0.2) is 16.1 Å². The van der Waals surface area contributed by atoms with E-state index in [4.69, 9.17) is 16.3 Å². The van der Waals surface area contributed by atoms with Crippen LogP contribution in [-0.2, 0) is 5.88 Å². The fourth-order valence-electron chi connectivity index (χ4n) is 3.22. The third kappa shape index (κ3) is 4.07. The third-order valence-electron chi connectivity index (χ3n) is 3.64. The lowest BCUT2D eigenvalue weighted by Gasteiger charge is -2.38. The van der Waals surface area contributed by atoms with Crippen LogP contribution in [0, 0.1) is 18.3 Å². The van der Waals surface area contributed by atoms with Gasteiger partial charge < -0.3 is 4.74 Å². The van der Waals surface area contributed by atoms with Crippen LogP contribution in [0.4, 0.5) is 0 Å². The molecule has 0 spiro atoms. The Hall–Kier alpha value is -0.830. The zero-order chi connectivity index (χ0) is 14.0. The normalized spacial score (nSPS) is 26.2. The molecule has 2 atom stereocenters. The third-order valence-corrected chi connectivity index (χ3v) is 3.92. The number of aryl methyl sites for hydroxylation is 1. The predicted octanol–water partition coefficient (Wildman–Crippen LogP) is 4.12. The zero-order valence-electron chi connectivity index (χ0n) is 12.2. The summed E-state index contributed by atoms with van der Waals surface area (Å²) in [6.07, 6.45) is 3.61. The molecular formula is C15H23ClN2O. The van der Waals surface area contributed by atoms with Gasteiger partial charge in [-0.25, -0.2) is 4.98 Å². The smallest absolute Gasteiger partial charge is 0.317 e. The average molecular weight is 283 g/mol. The quantitative estimate of drug-likeness (QED) is 0.782. The molecule has 106 valence electrons. The van der Waals surface area contributed by atoms with Crippen molar-refractivity contribution in [2.24, 2.45) is 11.3 Å². The molecule has 1 heterocycles. The van der Waals surface area contributed by atoms with Gasteiger partial charge in [0.05, 0.1) is 11.6 Å². The van der Waals surface area contributed by atoms with E-state index in [1.807, 2.05) is 13.0 Å². The molecular weight excluding hydrogens is 260 g/mol. The van der Waals surface area contributed by atoms with Crippen LogP contribution in [0.25, 0.3) is 0 Å². The van der Waals surface area contributed by atoms with Crippen LogP contribution in [0.2, 0.25) is 0 Å². The number of rotatable bonds is 3. The van der Waals surface area contributed by atoms with Gasteiger partial charge in [-0.2, -0.15) is 4.98 Å². The molecule has 1 aromatic rings. The molecule has 0 aromatic carbocycles. The van der Waals surface area contributed by atoms with E-state index in [0.29, 0.717) is 23.2 Å². The molecule has 1 aromatic heterocycles. The Morgan fingerprint density at radius 2 is 2.11 bits per heavy atom. The first-order valence-corrected chi connectivity index (χ1v) is 7.48. The second kappa shape index (κ2) is 5.66. The summed E-state index contributed by atoms with van der Waals surface area (Å²) in [5.74, 6) is 1.08. The SMILES string of the molecule is Cc1cc(CCl)nc(OC2CC(C)CC(C)(C)C2)n1. The Morgan fingerprint density at radius 1 is 1.37 bits per heavy atom. The highest BCUT2D eigenvalue weighted by molar-refractivity contribution is 6.16. The Kier molecular flexibility index (Phi) is 4.34. The van der Waals surface area contributed by atoms with Crippen molar-refractivity contribution in [3.05, 3.63) is 17.5 Å². The standard InChI is InChI=1S/C15H23ClN2O/c1-10-5-13(8-15(3,4)7-10)19-14-17-11(2)6-12(9-16)18-14/h6,10,13H,5,7-9H2,1-4H3. The topological polar surface area (TPSA) is 35.0 Å². The van der Waals surface area contributed by atoms with E-state index in [9.17, 15) is 0 Å². The molecule has 4 heteroatoms. The van der Waals surface area contributed by atoms with Crippen LogP contribution in [0.15, 0.2) is 6.07 Å². The highest BCUT2D eigenvalue weighted by Gasteiger charge is 2.33. The van der Waals surface area contributed by atoms with Gasteiger partial charge in [0, 0.05) is 5.69 Å². The number of nitrogens with zero attached hydrogens (tertiary/aromatic N) is 2. The van der Waals surface area contributed by atoms with Gasteiger partial charge in [0.25, 0.3) is 0 Å². The van der Waals surface area contributed by atoms with Crippen LogP contribution in [0.3, 0.4) is 0 Å². The Labute approximate surface area is 120 Å². The summed E-state index contributed by atoms with van der Waals surface area (Å²) in [4.78, 5) is 8.71. The molecule has 1 aliphatic rings. The van der Waals surface area contributed by atoms with Crippen LogP contribution in [0.5, 0.6) is 6.01 Å². The summed E-state index contributed by atoms with van der Waals surface area (Å²) < 4.78 is 6.00. The number of aromatic nitrogens is 2. The van der Waals surface area contributed by atoms with E-state index in [-0.39, 0.29) is 6.10 Å². The van der Waals surface area contributed by atoms with Gasteiger partial charge in [0.1, 0.15) is 6.10 Å². The predicted molar refractivity (Wildman–Crippen MR) is 77.5 cm³/mol. The van der Waals surface area contributed by atoms with Gasteiger partial charge in [-0.05, 0) is 43.6 Å². The van der Waals surface area contributed by atoms with E-state index in [1.54, 1.807) is 0 Å². The fourth-order valence-corrected chi connectivity index (χ4v) is 3.36. The number of hydrogen-bond donors (Lipinski definition) is 0. The Morgan fingerprint density at radius 3 is 2.74 bits per heavy atom. The summed E-state index contributed by atoms with van der Waals surface area (Å²) in [6.45, 7) is 8.84. The minimum atomic E-state index is 0.212. The highest BCUT2D eigenvalue weighted by Crippen LogP contribution is 2.39. The summed E-state index contributed by atoms with van der Waals surface area (Å²) in [5.41, 5.74) is 2.07. The second-order valence-electron chi connectivity index (χ2n) is 6.57. The molecule has 2 unspecified atom stereocenters. The van der Waals surface area contributed by atoms with Crippen molar-refractivity contribution in [2.75, 3.05) is 0 Å². The van der Waals surface area contributed by atoms with Crippen LogP contribution in [0.1, 0.15) is 51.4 Å². The van der Waals surface area contributed by atoms with Gasteiger partial charge in [-0.15, -0.1) is 11.6 Å². The minimum Gasteiger partial charge on any atom is -0.460 e.